The number of hydrogen-bond donors (Lipinski definition) is 1. The molecule has 37 heavy (non-hydrogen) atoms. The maximum absolute atomic E-state index is 11.8. The smallest absolute Gasteiger partial charge is 0.305 e. The Labute approximate surface area is 213 Å². The summed E-state index contributed by atoms with van der Waals surface area (Å²) in [4.78, 5) is 25.3. The zero-order valence-corrected chi connectivity index (χ0v) is 20.7. The maximum atomic E-state index is 11.8. The van der Waals surface area contributed by atoms with Gasteiger partial charge in [0.15, 0.2) is 5.65 Å². The summed E-state index contributed by atoms with van der Waals surface area (Å²) < 4.78 is 9.67. The maximum Gasteiger partial charge on any atom is 0.305 e. The third-order valence-corrected chi connectivity index (χ3v) is 7.08. The summed E-state index contributed by atoms with van der Waals surface area (Å²) >= 11 is 0. The van der Waals surface area contributed by atoms with Crippen molar-refractivity contribution in [3.05, 3.63) is 77.6 Å². The number of aromatic nitrogens is 6. The number of aliphatic carboxylic acids is 1. The number of nitrogens with zero attached hydrogens (tertiary/aromatic N) is 6. The fourth-order valence-electron chi connectivity index (χ4n) is 5.13. The van der Waals surface area contributed by atoms with Crippen LogP contribution in [-0.2, 0) is 31.1 Å². The fraction of sp³-hybridized carbons (Fsp3) is 0.321. The first kappa shape index (κ1) is 23.1. The average Bonchev–Trinajstić information content (AvgIpc) is 3.50. The molecule has 1 N–H and O–H groups in total. The lowest BCUT2D eigenvalue weighted by Crippen LogP contribution is -2.16. The van der Waals surface area contributed by atoms with Crippen LogP contribution in [0.15, 0.2) is 55.1 Å². The lowest BCUT2D eigenvalue weighted by Gasteiger charge is -2.17. The van der Waals surface area contributed by atoms with Crippen LogP contribution in [0, 0.1) is 0 Å². The van der Waals surface area contributed by atoms with Gasteiger partial charge in [0.25, 0.3) is 0 Å². The molecule has 4 aromatic heterocycles. The van der Waals surface area contributed by atoms with Crippen LogP contribution in [-0.4, -0.2) is 47.0 Å². The highest BCUT2D eigenvalue weighted by atomic mass is 16.5. The Morgan fingerprint density at radius 2 is 1.97 bits per heavy atom. The highest BCUT2D eigenvalue weighted by Gasteiger charge is 2.22. The number of carboxylic acid groups (broad SMARTS) is 1. The normalized spacial score (nSPS) is 14.1. The summed E-state index contributed by atoms with van der Waals surface area (Å²) in [5, 5.41) is 15.1. The molecule has 0 saturated heterocycles. The van der Waals surface area contributed by atoms with Gasteiger partial charge in [0, 0.05) is 36.4 Å². The van der Waals surface area contributed by atoms with Crippen LogP contribution >= 0.6 is 0 Å². The van der Waals surface area contributed by atoms with Crippen LogP contribution in [0.25, 0.3) is 22.1 Å². The van der Waals surface area contributed by atoms with Crippen molar-refractivity contribution in [2.24, 2.45) is 7.05 Å². The van der Waals surface area contributed by atoms with Gasteiger partial charge in [0.2, 0.25) is 0 Å². The van der Waals surface area contributed by atoms with E-state index in [1.165, 1.54) is 24.1 Å². The molecule has 0 aliphatic heterocycles. The predicted molar refractivity (Wildman–Crippen MR) is 139 cm³/mol. The summed E-state index contributed by atoms with van der Waals surface area (Å²) in [5.41, 5.74) is 6.75. The molecule has 1 atom stereocenters. The molecule has 0 fully saturated rings. The van der Waals surface area contributed by atoms with Crippen molar-refractivity contribution in [2.75, 3.05) is 6.61 Å². The third kappa shape index (κ3) is 4.64. The van der Waals surface area contributed by atoms with E-state index in [-0.39, 0.29) is 6.42 Å². The van der Waals surface area contributed by atoms with Crippen molar-refractivity contribution < 1.29 is 14.6 Å². The van der Waals surface area contributed by atoms with Gasteiger partial charge in [-0.1, -0.05) is 6.07 Å². The molecule has 1 aromatic carbocycles. The highest BCUT2D eigenvalue weighted by molar-refractivity contribution is 5.81. The number of aryl methyl sites for hydroxylation is 3. The lowest BCUT2D eigenvalue weighted by atomic mass is 9.96. The van der Waals surface area contributed by atoms with Crippen molar-refractivity contribution in [1.82, 2.24) is 29.3 Å². The standard InChI is InChI=1S/C28H28N6O3/c1-33-17-30-28-26(33)13-20(15-29-28)25(14-27(35)36)34-24-9-8-22(12-19(24)16-31-34)37-11-10-21-7-6-18-4-2-3-5-23(18)32-21/h6-9,12-13,15-17,25H,2-5,10-11,14H2,1H3,(H,35,36). The number of carboxylic acids is 1. The number of pyridine rings is 2. The van der Waals surface area contributed by atoms with Crippen molar-refractivity contribution in [1.29, 1.82) is 0 Å². The van der Waals surface area contributed by atoms with Crippen LogP contribution in [0.3, 0.4) is 0 Å². The Morgan fingerprint density at radius 3 is 2.86 bits per heavy atom. The second kappa shape index (κ2) is 9.65. The van der Waals surface area contributed by atoms with E-state index < -0.39 is 12.0 Å². The van der Waals surface area contributed by atoms with Crippen molar-refractivity contribution in [3.8, 4) is 5.75 Å². The molecule has 0 radical (unpaired) electrons. The summed E-state index contributed by atoms with van der Waals surface area (Å²) in [6.45, 7) is 0.531. The SMILES string of the molecule is Cn1cnc2ncc(C(CC(=O)O)n3ncc4cc(OCCc5ccc6c(n5)CCCC6)ccc43)cc21. The number of benzene rings is 1. The predicted octanol–water partition coefficient (Wildman–Crippen LogP) is 4.28. The Bertz CT molecular complexity index is 1600. The van der Waals surface area contributed by atoms with E-state index in [4.69, 9.17) is 9.72 Å². The molecule has 5 aromatic rings. The molecule has 1 unspecified atom stereocenters. The highest BCUT2D eigenvalue weighted by Crippen LogP contribution is 2.29. The molecule has 1 aliphatic carbocycles. The van der Waals surface area contributed by atoms with Crippen LogP contribution in [0.5, 0.6) is 5.75 Å². The largest absolute Gasteiger partial charge is 0.493 e. The van der Waals surface area contributed by atoms with Crippen molar-refractivity contribution in [2.45, 2.75) is 44.6 Å². The quantitative estimate of drug-likeness (QED) is 0.342. The van der Waals surface area contributed by atoms with Gasteiger partial charge in [-0.2, -0.15) is 5.10 Å². The van der Waals surface area contributed by atoms with E-state index in [0.717, 1.165) is 52.7 Å². The molecular formula is C28H28N6O3. The second-order valence-corrected chi connectivity index (χ2v) is 9.60. The minimum Gasteiger partial charge on any atom is -0.493 e. The number of hydrogen-bond acceptors (Lipinski definition) is 6. The first-order valence-electron chi connectivity index (χ1n) is 12.6. The number of fused-ring (bicyclic) bond motifs is 3. The third-order valence-electron chi connectivity index (χ3n) is 7.08. The minimum absolute atomic E-state index is 0.117. The first-order chi connectivity index (χ1) is 18.0. The summed E-state index contributed by atoms with van der Waals surface area (Å²) in [7, 11) is 1.89. The monoisotopic (exact) mass is 496 g/mol. The van der Waals surface area contributed by atoms with Gasteiger partial charge in [-0.25, -0.2) is 9.97 Å². The van der Waals surface area contributed by atoms with Gasteiger partial charge >= 0.3 is 5.97 Å². The molecule has 1 aliphatic rings. The van der Waals surface area contributed by atoms with E-state index in [0.29, 0.717) is 12.3 Å². The molecular weight excluding hydrogens is 468 g/mol. The van der Waals surface area contributed by atoms with E-state index in [1.807, 2.05) is 35.9 Å². The fourth-order valence-corrected chi connectivity index (χ4v) is 5.13. The molecule has 6 rings (SSSR count). The number of rotatable bonds is 8. The zero-order valence-electron chi connectivity index (χ0n) is 20.7. The Hall–Kier alpha value is -4.27. The topological polar surface area (TPSA) is 108 Å². The molecule has 9 heteroatoms. The molecule has 0 amide bonds. The van der Waals surface area contributed by atoms with Gasteiger partial charge in [0.05, 0.1) is 42.6 Å². The van der Waals surface area contributed by atoms with Crippen LogP contribution in [0.1, 0.15) is 47.8 Å². The lowest BCUT2D eigenvalue weighted by molar-refractivity contribution is -0.137. The minimum atomic E-state index is -0.908. The Balaban J connectivity index is 1.21. The van der Waals surface area contributed by atoms with Gasteiger partial charge in [-0.05, 0) is 67.1 Å². The summed E-state index contributed by atoms with van der Waals surface area (Å²) in [6, 6.07) is 11.5. The Morgan fingerprint density at radius 1 is 1.08 bits per heavy atom. The average molecular weight is 497 g/mol. The molecule has 9 nitrogen and oxygen atoms in total. The molecule has 0 spiro atoms. The Kier molecular flexibility index (Phi) is 6.04. The summed E-state index contributed by atoms with van der Waals surface area (Å²) in [5.74, 6) is -0.160. The van der Waals surface area contributed by atoms with Crippen molar-refractivity contribution in [3.63, 3.8) is 0 Å². The number of ether oxygens (including phenoxy) is 1. The number of carbonyl (C=O) groups is 1. The van der Waals surface area contributed by atoms with E-state index >= 15 is 0 Å². The second-order valence-electron chi connectivity index (χ2n) is 9.60. The molecule has 4 heterocycles. The van der Waals surface area contributed by atoms with E-state index in [9.17, 15) is 9.90 Å². The molecule has 0 saturated carbocycles. The molecule has 0 bridgehead atoms. The van der Waals surface area contributed by atoms with Gasteiger partial charge in [-0.15, -0.1) is 0 Å². The van der Waals surface area contributed by atoms with Crippen LogP contribution in [0.4, 0.5) is 0 Å². The van der Waals surface area contributed by atoms with Gasteiger partial charge in [-0.3, -0.25) is 14.5 Å². The van der Waals surface area contributed by atoms with Crippen LogP contribution in [0.2, 0.25) is 0 Å². The van der Waals surface area contributed by atoms with E-state index in [1.54, 1.807) is 23.4 Å². The van der Waals surface area contributed by atoms with Gasteiger partial charge < -0.3 is 14.4 Å². The zero-order chi connectivity index (χ0) is 25.4. The van der Waals surface area contributed by atoms with E-state index in [2.05, 4.69) is 27.2 Å². The van der Waals surface area contributed by atoms with Crippen molar-refractivity contribution >= 4 is 28.0 Å². The number of imidazole rings is 1. The first-order valence-corrected chi connectivity index (χ1v) is 12.6. The summed E-state index contributed by atoms with van der Waals surface area (Å²) in [6.07, 6.45) is 10.4. The van der Waals surface area contributed by atoms with Gasteiger partial charge in [0.1, 0.15) is 5.75 Å². The molecule has 188 valence electrons. The van der Waals surface area contributed by atoms with Crippen LogP contribution < -0.4 is 4.74 Å².